The first-order valence-electron chi connectivity index (χ1n) is 4.77. The van der Waals surface area contributed by atoms with Gasteiger partial charge in [-0.2, -0.15) is 0 Å². The van der Waals surface area contributed by atoms with Crippen LogP contribution in [-0.4, -0.2) is 5.78 Å². The normalized spacial score (nSPS) is 10.5. The Kier molecular flexibility index (Phi) is 3.97. The second kappa shape index (κ2) is 5.29. The van der Waals surface area contributed by atoms with Crippen molar-refractivity contribution in [3.8, 4) is 0 Å². The van der Waals surface area contributed by atoms with Gasteiger partial charge in [0.1, 0.15) is 5.82 Å². The molecule has 0 spiro atoms. The molecule has 0 aliphatic rings. The van der Waals surface area contributed by atoms with Crippen LogP contribution in [0.25, 0.3) is 0 Å². The highest BCUT2D eigenvalue weighted by molar-refractivity contribution is 9.11. The van der Waals surface area contributed by atoms with Crippen LogP contribution in [0.1, 0.15) is 15.9 Å². The molecule has 17 heavy (non-hydrogen) atoms. The maximum atomic E-state index is 12.8. The van der Waals surface area contributed by atoms with E-state index in [1.165, 1.54) is 29.5 Å². The van der Waals surface area contributed by atoms with Crippen molar-refractivity contribution in [1.82, 2.24) is 0 Å². The third-order valence-corrected chi connectivity index (χ3v) is 4.11. The van der Waals surface area contributed by atoms with E-state index in [9.17, 15) is 9.18 Å². The van der Waals surface area contributed by atoms with Gasteiger partial charge in [-0.1, -0.05) is 17.7 Å². The molecule has 5 heteroatoms. The standard InChI is InChI=1S/C12H7BrClFOS/c13-12-4-8(6-17-12)11(16)3-7-1-2-9(15)5-10(7)14/h1-2,4-6H,3H2. The van der Waals surface area contributed by atoms with E-state index in [2.05, 4.69) is 15.9 Å². The number of carbonyl (C=O) groups excluding carboxylic acids is 1. The molecule has 0 fully saturated rings. The number of benzene rings is 1. The van der Waals surface area contributed by atoms with Crippen molar-refractivity contribution in [3.63, 3.8) is 0 Å². The number of hydrogen-bond acceptors (Lipinski definition) is 2. The van der Waals surface area contributed by atoms with Crippen molar-refractivity contribution in [3.05, 3.63) is 55.4 Å². The topological polar surface area (TPSA) is 17.1 Å². The van der Waals surface area contributed by atoms with Gasteiger partial charge >= 0.3 is 0 Å². The summed E-state index contributed by atoms with van der Waals surface area (Å²) in [6.45, 7) is 0. The molecule has 0 aliphatic heterocycles. The molecule has 1 nitrogen and oxygen atoms in total. The average molecular weight is 334 g/mol. The van der Waals surface area contributed by atoms with Gasteiger partial charge in [0.05, 0.1) is 3.79 Å². The molecule has 0 bridgehead atoms. The highest BCUT2D eigenvalue weighted by Gasteiger charge is 2.11. The van der Waals surface area contributed by atoms with Gasteiger partial charge in [-0.05, 0) is 39.7 Å². The molecule has 0 aliphatic carbocycles. The average Bonchev–Trinajstić information content (AvgIpc) is 2.69. The lowest BCUT2D eigenvalue weighted by Gasteiger charge is -2.02. The summed E-state index contributed by atoms with van der Waals surface area (Å²) in [5, 5.41) is 2.07. The summed E-state index contributed by atoms with van der Waals surface area (Å²) in [4.78, 5) is 11.9. The van der Waals surface area contributed by atoms with Gasteiger partial charge in [0.25, 0.3) is 0 Å². The van der Waals surface area contributed by atoms with Crippen LogP contribution in [0.2, 0.25) is 5.02 Å². The first kappa shape index (κ1) is 12.7. The van der Waals surface area contributed by atoms with E-state index in [-0.39, 0.29) is 17.2 Å². The van der Waals surface area contributed by atoms with Gasteiger partial charge in [0.2, 0.25) is 0 Å². The summed E-state index contributed by atoms with van der Waals surface area (Å²) >= 11 is 10.6. The minimum absolute atomic E-state index is 0.0274. The second-order valence-corrected chi connectivity index (χ2v) is 6.17. The predicted octanol–water partition coefficient (Wildman–Crippen LogP) is 4.73. The first-order valence-corrected chi connectivity index (χ1v) is 6.82. The Morgan fingerprint density at radius 2 is 2.18 bits per heavy atom. The summed E-state index contributed by atoms with van der Waals surface area (Å²) in [5.74, 6) is -0.426. The number of ketones is 1. The van der Waals surface area contributed by atoms with E-state index >= 15 is 0 Å². The fourth-order valence-electron chi connectivity index (χ4n) is 1.40. The quantitative estimate of drug-likeness (QED) is 0.742. The predicted molar refractivity (Wildman–Crippen MR) is 71.5 cm³/mol. The summed E-state index contributed by atoms with van der Waals surface area (Å²) < 4.78 is 13.7. The lowest BCUT2D eigenvalue weighted by Crippen LogP contribution is -2.02. The highest BCUT2D eigenvalue weighted by atomic mass is 79.9. The Morgan fingerprint density at radius 1 is 1.41 bits per heavy atom. The number of halogens is 3. The zero-order valence-corrected chi connectivity index (χ0v) is 11.7. The molecule has 0 atom stereocenters. The number of rotatable bonds is 3. The van der Waals surface area contributed by atoms with Crippen LogP contribution < -0.4 is 0 Å². The van der Waals surface area contributed by atoms with Crippen LogP contribution in [0, 0.1) is 5.82 Å². The van der Waals surface area contributed by atoms with Crippen LogP contribution in [0.4, 0.5) is 4.39 Å². The van der Waals surface area contributed by atoms with Gasteiger partial charge < -0.3 is 0 Å². The number of Topliss-reactive ketones (excluding diaryl/α,β-unsaturated/α-hetero) is 1. The molecule has 1 aromatic heterocycles. The van der Waals surface area contributed by atoms with Crippen molar-refractivity contribution >= 4 is 44.7 Å². The van der Waals surface area contributed by atoms with E-state index in [1.807, 2.05) is 0 Å². The number of carbonyl (C=O) groups is 1. The zero-order valence-electron chi connectivity index (χ0n) is 8.54. The van der Waals surface area contributed by atoms with Crippen molar-refractivity contribution in [2.24, 2.45) is 0 Å². The maximum Gasteiger partial charge on any atom is 0.168 e. The Hall–Kier alpha value is -0.710. The first-order chi connectivity index (χ1) is 8.06. The molecule has 0 amide bonds. The molecule has 0 saturated heterocycles. The van der Waals surface area contributed by atoms with Gasteiger partial charge in [0.15, 0.2) is 5.78 Å². The largest absolute Gasteiger partial charge is 0.294 e. The van der Waals surface area contributed by atoms with Gasteiger partial charge in [-0.3, -0.25) is 4.79 Å². The van der Waals surface area contributed by atoms with Crippen LogP contribution >= 0.6 is 38.9 Å². The van der Waals surface area contributed by atoms with Gasteiger partial charge in [-0.15, -0.1) is 11.3 Å². The van der Waals surface area contributed by atoms with Crippen LogP contribution in [0.3, 0.4) is 0 Å². The number of hydrogen-bond donors (Lipinski definition) is 0. The molecular weight excluding hydrogens is 327 g/mol. The van der Waals surface area contributed by atoms with E-state index in [0.29, 0.717) is 11.1 Å². The van der Waals surface area contributed by atoms with Gasteiger partial charge in [-0.25, -0.2) is 4.39 Å². The molecule has 0 unspecified atom stereocenters. The summed E-state index contributed by atoms with van der Waals surface area (Å²) in [5.41, 5.74) is 1.28. The monoisotopic (exact) mass is 332 g/mol. The third-order valence-electron chi connectivity index (χ3n) is 2.26. The van der Waals surface area contributed by atoms with Crippen LogP contribution in [-0.2, 0) is 6.42 Å². The van der Waals surface area contributed by atoms with Crippen molar-refractivity contribution in [1.29, 1.82) is 0 Å². The Bertz CT molecular complexity index is 567. The lowest BCUT2D eigenvalue weighted by atomic mass is 10.1. The van der Waals surface area contributed by atoms with Crippen molar-refractivity contribution in [2.75, 3.05) is 0 Å². The highest BCUT2D eigenvalue weighted by Crippen LogP contribution is 2.23. The minimum atomic E-state index is -0.399. The minimum Gasteiger partial charge on any atom is -0.294 e. The van der Waals surface area contributed by atoms with Crippen molar-refractivity contribution < 1.29 is 9.18 Å². The molecule has 88 valence electrons. The van der Waals surface area contributed by atoms with E-state index in [4.69, 9.17) is 11.6 Å². The fraction of sp³-hybridized carbons (Fsp3) is 0.0833. The van der Waals surface area contributed by atoms with Crippen molar-refractivity contribution in [2.45, 2.75) is 6.42 Å². The van der Waals surface area contributed by atoms with E-state index < -0.39 is 5.82 Å². The summed E-state index contributed by atoms with van der Waals surface area (Å²) in [7, 11) is 0. The van der Waals surface area contributed by atoms with E-state index in [1.54, 1.807) is 11.4 Å². The second-order valence-electron chi connectivity index (χ2n) is 3.48. The van der Waals surface area contributed by atoms with Crippen LogP contribution in [0.15, 0.2) is 33.4 Å². The zero-order chi connectivity index (χ0) is 12.4. The molecule has 0 N–H and O–H groups in total. The molecule has 2 aromatic rings. The molecule has 1 heterocycles. The maximum absolute atomic E-state index is 12.8. The lowest BCUT2D eigenvalue weighted by molar-refractivity contribution is 0.0993. The molecule has 2 rings (SSSR count). The SMILES string of the molecule is O=C(Cc1ccc(F)cc1Cl)c1csc(Br)c1. The smallest absolute Gasteiger partial charge is 0.168 e. The molecule has 1 aromatic carbocycles. The summed E-state index contributed by atoms with van der Waals surface area (Å²) in [6.07, 6.45) is 0.183. The van der Waals surface area contributed by atoms with E-state index in [0.717, 1.165) is 3.79 Å². The molecular formula is C12H7BrClFOS. The third kappa shape index (κ3) is 3.15. The summed E-state index contributed by atoms with van der Waals surface area (Å²) in [6, 6.07) is 5.83. The Morgan fingerprint density at radius 3 is 2.76 bits per heavy atom. The molecule has 0 radical (unpaired) electrons. The Balaban J connectivity index is 2.18. The fourth-order valence-corrected chi connectivity index (χ4v) is 2.79. The van der Waals surface area contributed by atoms with Gasteiger partial charge in [0, 0.05) is 22.4 Å². The Labute approximate surface area is 115 Å². The molecule has 0 saturated carbocycles. The number of thiophene rings is 1. The van der Waals surface area contributed by atoms with Crippen LogP contribution in [0.5, 0.6) is 0 Å².